The zero-order chi connectivity index (χ0) is 18.2. The molecular formula is C16H22O8. The van der Waals surface area contributed by atoms with E-state index < -0.39 is 11.9 Å². The summed E-state index contributed by atoms with van der Waals surface area (Å²) in [5.74, 6) is -1.91. The summed E-state index contributed by atoms with van der Waals surface area (Å²) in [5, 5.41) is 0. The number of allylic oxidation sites excluding steroid dienone is 2. The highest BCUT2D eigenvalue weighted by Crippen LogP contribution is 1.91. The number of rotatable bonds is 11. The molecule has 134 valence electrons. The Morgan fingerprint density at radius 2 is 0.958 bits per heavy atom. The molecule has 0 unspecified atom stereocenters. The van der Waals surface area contributed by atoms with Gasteiger partial charge < -0.3 is 18.9 Å². The predicted molar refractivity (Wildman–Crippen MR) is 82.7 cm³/mol. The molecule has 0 saturated carbocycles. The van der Waals surface area contributed by atoms with Gasteiger partial charge in [-0.3, -0.25) is 9.59 Å². The smallest absolute Gasteiger partial charge is 0.330 e. The van der Waals surface area contributed by atoms with Gasteiger partial charge in [0, 0.05) is 38.8 Å². The van der Waals surface area contributed by atoms with E-state index in [1.807, 2.05) is 0 Å². The Bertz CT molecular complexity index is 434. The predicted octanol–water partition coefficient (Wildman–Crippen LogP) is 1.09. The average molecular weight is 342 g/mol. The summed E-state index contributed by atoms with van der Waals surface area (Å²) in [6.45, 7) is 3.23. The zero-order valence-electron chi connectivity index (χ0n) is 13.8. The quantitative estimate of drug-likeness (QED) is 0.181. The van der Waals surface area contributed by atoms with Gasteiger partial charge in [0.2, 0.25) is 0 Å². The third kappa shape index (κ3) is 15.7. The van der Waals surface area contributed by atoms with Gasteiger partial charge in [0.25, 0.3) is 0 Å². The largest absolute Gasteiger partial charge is 0.466 e. The fourth-order valence-corrected chi connectivity index (χ4v) is 1.26. The molecule has 0 aromatic carbocycles. The molecule has 0 N–H and O–H groups in total. The Labute approximate surface area is 140 Å². The lowest BCUT2D eigenvalue weighted by Crippen LogP contribution is -2.07. The third-order valence-electron chi connectivity index (χ3n) is 2.25. The van der Waals surface area contributed by atoms with Gasteiger partial charge in [-0.2, -0.15) is 0 Å². The van der Waals surface area contributed by atoms with E-state index in [0.717, 1.165) is 12.2 Å². The fraction of sp³-hybridized carbons (Fsp3) is 0.500. The summed E-state index contributed by atoms with van der Waals surface area (Å²) in [5.41, 5.74) is 0. The van der Waals surface area contributed by atoms with E-state index in [4.69, 9.17) is 9.47 Å². The van der Waals surface area contributed by atoms with Crippen LogP contribution >= 0.6 is 0 Å². The van der Waals surface area contributed by atoms with Gasteiger partial charge in [-0.15, -0.1) is 0 Å². The summed E-state index contributed by atoms with van der Waals surface area (Å²) >= 11 is 0. The maximum absolute atomic E-state index is 11.3. The van der Waals surface area contributed by atoms with Crippen molar-refractivity contribution in [3.63, 3.8) is 0 Å². The molecule has 0 aliphatic rings. The van der Waals surface area contributed by atoms with Crippen molar-refractivity contribution in [2.24, 2.45) is 0 Å². The standard InChI is InChI=1S/C16H22O8/c1-13(17)21-9-5-11-23-15(19)7-3-4-8-16(20)24-12-6-10-22-14(2)18/h3-4,7-8H,5-6,9-12H2,1-2H3/b7-3-,8-4-. The normalized spacial score (nSPS) is 10.6. The molecule has 0 fully saturated rings. The Balaban J connectivity index is 3.70. The summed E-state index contributed by atoms with van der Waals surface area (Å²) in [6.07, 6.45) is 5.80. The van der Waals surface area contributed by atoms with Crippen molar-refractivity contribution in [3.8, 4) is 0 Å². The van der Waals surface area contributed by atoms with E-state index in [1.54, 1.807) is 0 Å². The summed E-state index contributed by atoms with van der Waals surface area (Å²) < 4.78 is 19.0. The molecule has 0 aromatic rings. The molecule has 0 atom stereocenters. The van der Waals surface area contributed by atoms with Crippen LogP contribution in [0.15, 0.2) is 24.3 Å². The molecule has 24 heavy (non-hydrogen) atoms. The average Bonchev–Trinajstić information content (AvgIpc) is 2.50. The summed E-state index contributed by atoms with van der Waals surface area (Å²) in [7, 11) is 0. The monoisotopic (exact) mass is 342 g/mol. The minimum Gasteiger partial charge on any atom is -0.466 e. The zero-order valence-corrected chi connectivity index (χ0v) is 13.8. The van der Waals surface area contributed by atoms with E-state index in [-0.39, 0.29) is 38.4 Å². The van der Waals surface area contributed by atoms with E-state index in [2.05, 4.69) is 9.47 Å². The van der Waals surface area contributed by atoms with Gasteiger partial charge in [0.1, 0.15) is 0 Å². The number of carbonyl (C=O) groups is 4. The van der Waals surface area contributed by atoms with Gasteiger partial charge in [-0.1, -0.05) is 12.2 Å². The first-order valence-corrected chi connectivity index (χ1v) is 7.37. The highest BCUT2D eigenvalue weighted by Gasteiger charge is 1.99. The lowest BCUT2D eigenvalue weighted by molar-refractivity contribution is -0.144. The first-order chi connectivity index (χ1) is 11.4. The minimum absolute atomic E-state index is 0.130. The van der Waals surface area contributed by atoms with Gasteiger partial charge >= 0.3 is 23.9 Å². The minimum atomic E-state index is -0.572. The summed E-state index contributed by atoms with van der Waals surface area (Å²) in [4.78, 5) is 43.5. The lowest BCUT2D eigenvalue weighted by Gasteiger charge is -2.02. The number of ether oxygens (including phenoxy) is 4. The molecule has 0 aliphatic heterocycles. The van der Waals surface area contributed by atoms with Gasteiger partial charge in [0.15, 0.2) is 0 Å². The molecular weight excluding hydrogens is 320 g/mol. The highest BCUT2D eigenvalue weighted by molar-refractivity contribution is 5.84. The SMILES string of the molecule is CC(=O)OCCCOC(=O)/C=C\C=C/C(=O)OCCCOC(C)=O. The number of hydrogen-bond acceptors (Lipinski definition) is 8. The molecule has 0 amide bonds. The van der Waals surface area contributed by atoms with Crippen LogP contribution in [-0.2, 0) is 38.1 Å². The Morgan fingerprint density at radius 1 is 0.625 bits per heavy atom. The van der Waals surface area contributed by atoms with Gasteiger partial charge in [-0.25, -0.2) is 9.59 Å². The van der Waals surface area contributed by atoms with Crippen LogP contribution in [0, 0.1) is 0 Å². The van der Waals surface area contributed by atoms with Crippen LogP contribution in [0.25, 0.3) is 0 Å². The van der Waals surface area contributed by atoms with Crippen LogP contribution < -0.4 is 0 Å². The molecule has 0 spiro atoms. The lowest BCUT2D eigenvalue weighted by atomic mass is 10.4. The number of esters is 4. The number of carbonyl (C=O) groups excluding carboxylic acids is 4. The number of hydrogen-bond donors (Lipinski definition) is 0. The Hall–Kier alpha value is -2.64. The molecule has 0 heterocycles. The van der Waals surface area contributed by atoms with E-state index >= 15 is 0 Å². The van der Waals surface area contributed by atoms with Crippen molar-refractivity contribution >= 4 is 23.9 Å². The van der Waals surface area contributed by atoms with Crippen LogP contribution in [0.2, 0.25) is 0 Å². The second-order valence-corrected chi connectivity index (χ2v) is 4.44. The van der Waals surface area contributed by atoms with Crippen LogP contribution in [0.3, 0.4) is 0 Å². The first kappa shape index (κ1) is 21.4. The van der Waals surface area contributed by atoms with Crippen molar-refractivity contribution in [1.82, 2.24) is 0 Å². The van der Waals surface area contributed by atoms with Crippen LogP contribution in [0.4, 0.5) is 0 Å². The van der Waals surface area contributed by atoms with E-state index in [0.29, 0.717) is 12.8 Å². The Morgan fingerprint density at radius 3 is 1.29 bits per heavy atom. The van der Waals surface area contributed by atoms with Crippen LogP contribution in [0.5, 0.6) is 0 Å². The first-order valence-electron chi connectivity index (χ1n) is 7.37. The van der Waals surface area contributed by atoms with Crippen molar-refractivity contribution in [2.75, 3.05) is 26.4 Å². The topological polar surface area (TPSA) is 105 Å². The third-order valence-corrected chi connectivity index (χ3v) is 2.25. The maximum Gasteiger partial charge on any atom is 0.330 e. The van der Waals surface area contributed by atoms with Crippen LogP contribution in [-0.4, -0.2) is 50.3 Å². The Kier molecular flexibility index (Phi) is 12.4. The van der Waals surface area contributed by atoms with Crippen molar-refractivity contribution < 1.29 is 38.1 Å². The fourth-order valence-electron chi connectivity index (χ4n) is 1.26. The molecule has 0 saturated heterocycles. The van der Waals surface area contributed by atoms with Crippen molar-refractivity contribution in [3.05, 3.63) is 24.3 Å². The van der Waals surface area contributed by atoms with Crippen LogP contribution in [0.1, 0.15) is 26.7 Å². The molecule has 0 radical (unpaired) electrons. The molecule has 8 heteroatoms. The molecule has 0 aromatic heterocycles. The van der Waals surface area contributed by atoms with Crippen molar-refractivity contribution in [1.29, 1.82) is 0 Å². The molecule has 0 bridgehead atoms. The van der Waals surface area contributed by atoms with Gasteiger partial charge in [0.05, 0.1) is 26.4 Å². The van der Waals surface area contributed by atoms with E-state index in [1.165, 1.54) is 26.0 Å². The van der Waals surface area contributed by atoms with Gasteiger partial charge in [-0.05, 0) is 0 Å². The maximum atomic E-state index is 11.3. The summed E-state index contributed by atoms with van der Waals surface area (Å²) in [6, 6.07) is 0. The molecule has 8 nitrogen and oxygen atoms in total. The van der Waals surface area contributed by atoms with Crippen molar-refractivity contribution in [2.45, 2.75) is 26.7 Å². The second kappa shape index (κ2) is 14.0. The highest BCUT2D eigenvalue weighted by atomic mass is 16.6. The van der Waals surface area contributed by atoms with E-state index in [9.17, 15) is 19.2 Å². The molecule has 0 aliphatic carbocycles. The molecule has 0 rings (SSSR count). The second-order valence-electron chi connectivity index (χ2n) is 4.44.